The number of anilines is 1. The molecule has 2 rings (SSSR count). The van der Waals surface area contributed by atoms with Crippen LogP contribution in [0.15, 0.2) is 35.8 Å². The van der Waals surface area contributed by atoms with Crippen molar-refractivity contribution in [3.63, 3.8) is 0 Å². The molecule has 2 aromatic heterocycles. The number of hydrogen-bond acceptors (Lipinski definition) is 3. The third-order valence-corrected chi connectivity index (χ3v) is 2.52. The average Bonchev–Trinajstić information content (AvgIpc) is 2.69. The fourth-order valence-corrected chi connectivity index (χ4v) is 1.66. The van der Waals surface area contributed by atoms with Gasteiger partial charge in [0.25, 0.3) is 0 Å². The Morgan fingerprint density at radius 3 is 3.15 bits per heavy atom. The summed E-state index contributed by atoms with van der Waals surface area (Å²) in [6, 6.07) is 10.8. The first-order valence-corrected chi connectivity index (χ1v) is 4.91. The Bertz CT molecular complexity index is 342. The Morgan fingerprint density at radius 2 is 2.46 bits per heavy atom. The normalized spacial score (nSPS) is 9.85. The molecule has 0 saturated carbocycles. The molecule has 0 aliphatic rings. The zero-order valence-electron chi connectivity index (χ0n) is 7.03. The number of aromatic nitrogens is 1. The third-order valence-electron chi connectivity index (χ3n) is 1.64. The third kappa shape index (κ3) is 2.29. The van der Waals surface area contributed by atoms with E-state index in [0.717, 1.165) is 12.4 Å². The maximum atomic E-state index is 4.12. The van der Waals surface area contributed by atoms with Crippen LogP contribution in [0.5, 0.6) is 0 Å². The predicted molar refractivity (Wildman–Crippen MR) is 54.7 cm³/mol. The fourth-order valence-electron chi connectivity index (χ4n) is 1.02. The van der Waals surface area contributed by atoms with Crippen LogP contribution in [0.3, 0.4) is 0 Å². The molecule has 0 amide bonds. The summed E-state index contributed by atoms with van der Waals surface area (Å²) in [4.78, 5) is 5.43. The van der Waals surface area contributed by atoms with Crippen molar-refractivity contribution in [2.45, 2.75) is 6.54 Å². The summed E-state index contributed by atoms with van der Waals surface area (Å²) in [6.45, 7) is 0.842. The van der Waals surface area contributed by atoms with E-state index in [1.54, 1.807) is 17.5 Å². The molecule has 1 radical (unpaired) electrons. The van der Waals surface area contributed by atoms with Gasteiger partial charge in [-0.05, 0) is 23.6 Å². The molecule has 0 aromatic carbocycles. The van der Waals surface area contributed by atoms with Crippen LogP contribution in [0.4, 0.5) is 5.82 Å². The molecule has 2 nitrogen and oxygen atoms in total. The van der Waals surface area contributed by atoms with Gasteiger partial charge in [0, 0.05) is 17.1 Å². The van der Waals surface area contributed by atoms with Crippen molar-refractivity contribution in [2.75, 3.05) is 5.32 Å². The van der Waals surface area contributed by atoms with Gasteiger partial charge in [-0.15, -0.1) is 11.3 Å². The van der Waals surface area contributed by atoms with Gasteiger partial charge >= 0.3 is 0 Å². The standard InChI is InChI=1S/C10H9N2S/c1-2-6-11-10(5-1)12-8-9-4-3-7-13-9/h1,3-7H,8H2,(H,11,12). The molecule has 65 valence electrons. The fraction of sp³-hybridized carbons (Fsp3) is 0.100. The molecule has 0 bridgehead atoms. The number of hydrogen-bond donors (Lipinski definition) is 1. The van der Waals surface area contributed by atoms with E-state index in [1.165, 1.54) is 4.88 Å². The Kier molecular flexibility index (Phi) is 2.57. The Hall–Kier alpha value is -1.35. The Balaban J connectivity index is 1.94. The van der Waals surface area contributed by atoms with E-state index in [-0.39, 0.29) is 0 Å². The SMILES string of the molecule is [c]1ccc(NCc2cccs2)nc1. The molecule has 0 spiro atoms. The summed E-state index contributed by atoms with van der Waals surface area (Å²) in [5.41, 5.74) is 0. The average molecular weight is 189 g/mol. The van der Waals surface area contributed by atoms with E-state index in [9.17, 15) is 0 Å². The van der Waals surface area contributed by atoms with Gasteiger partial charge in [-0.1, -0.05) is 6.07 Å². The lowest BCUT2D eigenvalue weighted by molar-refractivity contribution is 1.14. The van der Waals surface area contributed by atoms with E-state index in [0.29, 0.717) is 0 Å². The first-order valence-electron chi connectivity index (χ1n) is 4.03. The van der Waals surface area contributed by atoms with Crippen molar-refractivity contribution >= 4 is 17.2 Å². The smallest absolute Gasteiger partial charge is 0.126 e. The van der Waals surface area contributed by atoms with Gasteiger partial charge in [0.15, 0.2) is 0 Å². The van der Waals surface area contributed by atoms with Crippen LogP contribution >= 0.6 is 11.3 Å². The largest absolute Gasteiger partial charge is 0.365 e. The van der Waals surface area contributed by atoms with Gasteiger partial charge < -0.3 is 5.32 Å². The quantitative estimate of drug-likeness (QED) is 0.802. The first-order chi connectivity index (χ1) is 6.45. The minimum Gasteiger partial charge on any atom is -0.365 e. The Morgan fingerprint density at radius 1 is 1.46 bits per heavy atom. The summed E-state index contributed by atoms with van der Waals surface area (Å²) in [5.74, 6) is 0.896. The molecule has 0 aliphatic heterocycles. The van der Waals surface area contributed by atoms with Crippen LogP contribution in [0.1, 0.15) is 4.88 Å². The van der Waals surface area contributed by atoms with Crippen molar-refractivity contribution < 1.29 is 0 Å². The highest BCUT2D eigenvalue weighted by molar-refractivity contribution is 7.09. The lowest BCUT2D eigenvalue weighted by Gasteiger charge is -2.01. The lowest BCUT2D eigenvalue weighted by atomic mass is 10.4. The number of thiophene rings is 1. The van der Waals surface area contributed by atoms with Crippen molar-refractivity contribution in [3.05, 3.63) is 46.8 Å². The summed E-state index contributed by atoms with van der Waals surface area (Å²) in [5, 5.41) is 5.30. The van der Waals surface area contributed by atoms with Gasteiger partial charge in [0.2, 0.25) is 0 Å². The van der Waals surface area contributed by atoms with Crippen molar-refractivity contribution in [3.8, 4) is 0 Å². The maximum absolute atomic E-state index is 4.12. The second-order valence-electron chi connectivity index (χ2n) is 2.58. The zero-order chi connectivity index (χ0) is 8.93. The predicted octanol–water partition coefficient (Wildman–Crippen LogP) is 2.56. The first kappa shape index (κ1) is 8.26. The van der Waals surface area contributed by atoms with Crippen LogP contribution in [0, 0.1) is 6.07 Å². The van der Waals surface area contributed by atoms with Gasteiger partial charge in [-0.3, -0.25) is 0 Å². The van der Waals surface area contributed by atoms with E-state index in [1.807, 2.05) is 18.2 Å². The van der Waals surface area contributed by atoms with Crippen LogP contribution in [-0.4, -0.2) is 4.98 Å². The monoisotopic (exact) mass is 189 g/mol. The van der Waals surface area contributed by atoms with Gasteiger partial charge in [-0.25, -0.2) is 4.98 Å². The van der Waals surface area contributed by atoms with Gasteiger partial charge in [-0.2, -0.15) is 0 Å². The van der Waals surface area contributed by atoms with E-state index < -0.39 is 0 Å². The molecule has 3 heteroatoms. The maximum Gasteiger partial charge on any atom is 0.126 e. The molecule has 0 aliphatic carbocycles. The molecule has 2 heterocycles. The second kappa shape index (κ2) is 4.05. The zero-order valence-corrected chi connectivity index (χ0v) is 7.84. The van der Waals surface area contributed by atoms with E-state index >= 15 is 0 Å². The summed E-state index contributed by atoms with van der Waals surface area (Å²) in [6.07, 6.45) is 1.66. The molecule has 13 heavy (non-hydrogen) atoms. The topological polar surface area (TPSA) is 24.9 Å². The number of nitrogens with one attached hydrogen (secondary N) is 1. The highest BCUT2D eigenvalue weighted by atomic mass is 32.1. The highest BCUT2D eigenvalue weighted by Crippen LogP contribution is 2.10. The van der Waals surface area contributed by atoms with Crippen molar-refractivity contribution in [1.29, 1.82) is 0 Å². The highest BCUT2D eigenvalue weighted by Gasteiger charge is 1.93. The molecule has 0 saturated heterocycles. The molecule has 1 N–H and O–H groups in total. The van der Waals surface area contributed by atoms with Crippen molar-refractivity contribution in [1.82, 2.24) is 4.98 Å². The summed E-state index contributed by atoms with van der Waals surface area (Å²) >= 11 is 1.74. The van der Waals surface area contributed by atoms with E-state index in [2.05, 4.69) is 27.8 Å². The van der Waals surface area contributed by atoms with Crippen LogP contribution < -0.4 is 5.32 Å². The van der Waals surface area contributed by atoms with Crippen LogP contribution in [0.25, 0.3) is 0 Å². The van der Waals surface area contributed by atoms with Crippen molar-refractivity contribution in [2.24, 2.45) is 0 Å². The molecular weight excluding hydrogens is 180 g/mol. The number of nitrogens with zero attached hydrogens (tertiary/aromatic N) is 1. The Labute approximate surface area is 81.3 Å². The van der Waals surface area contributed by atoms with Gasteiger partial charge in [0.05, 0.1) is 6.54 Å². The number of pyridine rings is 1. The molecule has 2 aromatic rings. The van der Waals surface area contributed by atoms with Crippen LogP contribution in [-0.2, 0) is 6.54 Å². The molecule has 0 fully saturated rings. The second-order valence-corrected chi connectivity index (χ2v) is 3.61. The summed E-state index contributed by atoms with van der Waals surface area (Å²) < 4.78 is 0. The van der Waals surface area contributed by atoms with Crippen LogP contribution in [0.2, 0.25) is 0 Å². The molecular formula is C10H9N2S. The minimum atomic E-state index is 0.842. The lowest BCUT2D eigenvalue weighted by Crippen LogP contribution is -1.98. The summed E-state index contributed by atoms with van der Waals surface area (Å²) in [7, 11) is 0. The van der Waals surface area contributed by atoms with Gasteiger partial charge in [0.1, 0.15) is 5.82 Å². The van der Waals surface area contributed by atoms with E-state index in [4.69, 9.17) is 0 Å². The number of rotatable bonds is 3. The molecule has 0 atom stereocenters. The molecule has 0 unspecified atom stereocenters. The minimum absolute atomic E-state index is 0.842.